The molecule has 1 aromatic heterocycles. The third kappa shape index (κ3) is 3.02. The molecule has 0 aromatic carbocycles. The van der Waals surface area contributed by atoms with Gasteiger partial charge in [-0.3, -0.25) is 0 Å². The van der Waals surface area contributed by atoms with Gasteiger partial charge in [0.15, 0.2) is 9.84 Å². The fourth-order valence-electron chi connectivity index (χ4n) is 2.85. The first-order chi connectivity index (χ1) is 9.94. The molecule has 2 saturated heterocycles. The Morgan fingerprint density at radius 3 is 2.43 bits per heavy atom. The molecule has 1 unspecified atom stereocenters. The largest absolute Gasteiger partial charge is 0.368 e. The summed E-state index contributed by atoms with van der Waals surface area (Å²) in [6, 6.07) is -0.156. The smallest absolute Gasteiger partial charge is 0.232 e. The van der Waals surface area contributed by atoms with Gasteiger partial charge in [0, 0.05) is 25.7 Å². The van der Waals surface area contributed by atoms with Crippen LogP contribution in [0.2, 0.25) is 0 Å². The van der Waals surface area contributed by atoms with Gasteiger partial charge in [0.05, 0.1) is 11.5 Å². The second-order valence-corrected chi connectivity index (χ2v) is 7.87. The van der Waals surface area contributed by atoms with E-state index in [0.717, 1.165) is 25.9 Å². The first-order valence-electron chi connectivity index (χ1n) is 7.18. The summed E-state index contributed by atoms with van der Waals surface area (Å²) in [5, 5.41) is 0. The van der Waals surface area contributed by atoms with Crippen LogP contribution in [-0.2, 0) is 9.84 Å². The molecule has 116 valence electrons. The molecule has 21 heavy (non-hydrogen) atoms. The molecule has 1 aromatic rings. The Morgan fingerprint density at radius 2 is 1.76 bits per heavy atom. The highest BCUT2D eigenvalue weighted by Gasteiger charge is 2.30. The van der Waals surface area contributed by atoms with Gasteiger partial charge in [-0.25, -0.2) is 8.42 Å². The lowest BCUT2D eigenvalue weighted by molar-refractivity contribution is 0.564. The number of sulfone groups is 1. The predicted molar refractivity (Wildman–Crippen MR) is 81.1 cm³/mol. The second kappa shape index (κ2) is 5.28. The van der Waals surface area contributed by atoms with E-state index in [2.05, 4.69) is 19.9 Å². The van der Waals surface area contributed by atoms with Crippen molar-refractivity contribution in [1.29, 1.82) is 0 Å². The van der Waals surface area contributed by atoms with Crippen LogP contribution in [0.25, 0.3) is 0 Å². The minimum Gasteiger partial charge on any atom is -0.368 e. The van der Waals surface area contributed by atoms with Crippen LogP contribution in [0.15, 0.2) is 0 Å². The number of nitrogen functional groups attached to an aromatic ring is 1. The normalized spacial score (nSPS) is 25.3. The Bertz CT molecular complexity index is 629. The first-order valence-corrected chi connectivity index (χ1v) is 9.00. The Kier molecular flexibility index (Phi) is 3.60. The van der Waals surface area contributed by atoms with Crippen LogP contribution < -0.4 is 15.5 Å². The van der Waals surface area contributed by atoms with Gasteiger partial charge in [0.25, 0.3) is 0 Å². The summed E-state index contributed by atoms with van der Waals surface area (Å²) in [4.78, 5) is 16.9. The lowest BCUT2D eigenvalue weighted by Crippen LogP contribution is -2.48. The molecule has 2 aliphatic heterocycles. The first kappa shape index (κ1) is 14.3. The predicted octanol–water partition coefficient (Wildman–Crippen LogP) is -0.323. The molecule has 2 N–H and O–H groups in total. The molecule has 0 radical (unpaired) electrons. The van der Waals surface area contributed by atoms with Crippen molar-refractivity contribution in [2.24, 2.45) is 0 Å². The molecule has 3 heterocycles. The van der Waals surface area contributed by atoms with Crippen molar-refractivity contribution in [2.75, 3.05) is 46.7 Å². The number of hydrogen-bond donors (Lipinski definition) is 1. The van der Waals surface area contributed by atoms with Crippen LogP contribution in [0.4, 0.5) is 17.8 Å². The quantitative estimate of drug-likeness (QED) is 0.792. The van der Waals surface area contributed by atoms with Crippen molar-refractivity contribution in [3.8, 4) is 0 Å². The summed E-state index contributed by atoms with van der Waals surface area (Å²) in [5.41, 5.74) is 5.80. The second-order valence-electron chi connectivity index (χ2n) is 5.64. The lowest BCUT2D eigenvalue weighted by atomic mass is 10.3. The van der Waals surface area contributed by atoms with Crippen molar-refractivity contribution in [2.45, 2.75) is 25.8 Å². The van der Waals surface area contributed by atoms with E-state index in [1.54, 1.807) is 0 Å². The van der Waals surface area contributed by atoms with Gasteiger partial charge < -0.3 is 15.5 Å². The van der Waals surface area contributed by atoms with Crippen LogP contribution in [0, 0.1) is 0 Å². The molecule has 0 amide bonds. The average molecular weight is 312 g/mol. The van der Waals surface area contributed by atoms with Gasteiger partial charge in [0.1, 0.15) is 0 Å². The molecule has 0 saturated carbocycles. The Labute approximate surface area is 124 Å². The summed E-state index contributed by atoms with van der Waals surface area (Å²) in [7, 11) is -2.96. The Morgan fingerprint density at radius 1 is 1.10 bits per heavy atom. The van der Waals surface area contributed by atoms with Gasteiger partial charge in [-0.05, 0) is 19.8 Å². The monoisotopic (exact) mass is 312 g/mol. The number of aromatic nitrogens is 3. The van der Waals surface area contributed by atoms with E-state index in [1.807, 2.05) is 11.8 Å². The molecule has 9 heteroatoms. The van der Waals surface area contributed by atoms with E-state index >= 15 is 0 Å². The zero-order valence-corrected chi connectivity index (χ0v) is 12.9. The van der Waals surface area contributed by atoms with Crippen molar-refractivity contribution in [3.63, 3.8) is 0 Å². The summed E-state index contributed by atoms with van der Waals surface area (Å²) in [6.45, 7) is 4.11. The summed E-state index contributed by atoms with van der Waals surface area (Å²) in [6.07, 6.45) is 2.25. The van der Waals surface area contributed by atoms with E-state index in [-0.39, 0.29) is 23.5 Å². The van der Waals surface area contributed by atoms with E-state index in [1.165, 1.54) is 0 Å². The SMILES string of the molecule is CC1CS(=O)(=O)CCN1c1nc(N)nc(N2CCCC2)n1. The summed E-state index contributed by atoms with van der Waals surface area (Å²) >= 11 is 0. The van der Waals surface area contributed by atoms with Gasteiger partial charge >= 0.3 is 0 Å². The van der Waals surface area contributed by atoms with Crippen LogP contribution in [0.3, 0.4) is 0 Å². The van der Waals surface area contributed by atoms with Crippen molar-refractivity contribution in [1.82, 2.24) is 15.0 Å². The third-order valence-electron chi connectivity index (χ3n) is 3.95. The van der Waals surface area contributed by atoms with Crippen molar-refractivity contribution in [3.05, 3.63) is 0 Å². The highest BCUT2D eigenvalue weighted by Crippen LogP contribution is 2.22. The number of anilines is 3. The maximum absolute atomic E-state index is 11.7. The van der Waals surface area contributed by atoms with E-state index in [4.69, 9.17) is 5.73 Å². The molecular weight excluding hydrogens is 292 g/mol. The Balaban J connectivity index is 1.88. The number of hydrogen-bond acceptors (Lipinski definition) is 8. The van der Waals surface area contributed by atoms with Gasteiger partial charge in [-0.15, -0.1) is 0 Å². The zero-order chi connectivity index (χ0) is 15.0. The molecule has 2 fully saturated rings. The van der Waals surface area contributed by atoms with Crippen LogP contribution in [-0.4, -0.2) is 60.6 Å². The molecule has 0 aliphatic carbocycles. The van der Waals surface area contributed by atoms with E-state index in [9.17, 15) is 8.42 Å². The maximum Gasteiger partial charge on any atom is 0.232 e. The highest BCUT2D eigenvalue weighted by atomic mass is 32.2. The molecule has 8 nitrogen and oxygen atoms in total. The molecule has 2 aliphatic rings. The minimum atomic E-state index is -2.96. The molecule has 0 bridgehead atoms. The third-order valence-corrected chi connectivity index (χ3v) is 5.74. The molecular formula is C12H20N6O2S. The van der Waals surface area contributed by atoms with Gasteiger partial charge in [-0.1, -0.05) is 0 Å². The minimum absolute atomic E-state index is 0.123. The Hall–Kier alpha value is -1.64. The van der Waals surface area contributed by atoms with Crippen LogP contribution in [0.1, 0.15) is 19.8 Å². The number of nitrogens with zero attached hydrogens (tertiary/aromatic N) is 5. The number of nitrogens with two attached hydrogens (primary N) is 1. The molecule has 1 atom stereocenters. The van der Waals surface area contributed by atoms with Gasteiger partial charge in [0.2, 0.25) is 17.8 Å². The fourth-order valence-corrected chi connectivity index (χ4v) is 4.41. The number of rotatable bonds is 2. The summed E-state index contributed by atoms with van der Waals surface area (Å²) < 4.78 is 23.3. The topological polar surface area (TPSA) is 105 Å². The van der Waals surface area contributed by atoms with Gasteiger partial charge in [-0.2, -0.15) is 15.0 Å². The fraction of sp³-hybridized carbons (Fsp3) is 0.750. The molecule has 0 spiro atoms. The van der Waals surface area contributed by atoms with Crippen molar-refractivity contribution >= 4 is 27.7 Å². The van der Waals surface area contributed by atoms with E-state index in [0.29, 0.717) is 18.4 Å². The maximum atomic E-state index is 11.7. The highest BCUT2D eigenvalue weighted by molar-refractivity contribution is 7.91. The zero-order valence-electron chi connectivity index (χ0n) is 12.1. The standard InChI is InChI=1S/C12H20N6O2S/c1-9-8-21(19,20)7-6-18(9)12-15-10(13)14-11(16-12)17-4-2-3-5-17/h9H,2-8H2,1H3,(H2,13,14,15,16). The van der Waals surface area contributed by atoms with Crippen LogP contribution >= 0.6 is 0 Å². The summed E-state index contributed by atoms with van der Waals surface area (Å²) in [5.74, 6) is 1.50. The van der Waals surface area contributed by atoms with E-state index < -0.39 is 9.84 Å². The molecule has 3 rings (SSSR count). The lowest BCUT2D eigenvalue weighted by Gasteiger charge is -2.33. The van der Waals surface area contributed by atoms with Crippen molar-refractivity contribution < 1.29 is 8.42 Å². The van der Waals surface area contributed by atoms with Crippen LogP contribution in [0.5, 0.6) is 0 Å². The average Bonchev–Trinajstić information content (AvgIpc) is 2.90.